The number of para-hydroxylation sites is 2. The van der Waals surface area contributed by atoms with E-state index in [0.717, 1.165) is 11.0 Å². The minimum absolute atomic E-state index is 0.0979. The third-order valence-electron chi connectivity index (χ3n) is 4.90. The largest absolute Gasteiger partial charge is 0.489 e. The predicted octanol–water partition coefficient (Wildman–Crippen LogP) is 3.10. The van der Waals surface area contributed by atoms with E-state index in [2.05, 4.69) is 15.3 Å². The molecule has 0 unspecified atom stereocenters. The Morgan fingerprint density at radius 1 is 1.24 bits per heavy atom. The van der Waals surface area contributed by atoms with Crippen LogP contribution < -0.4 is 10.1 Å². The molecule has 2 heterocycles. The van der Waals surface area contributed by atoms with Gasteiger partial charge in [0.05, 0.1) is 46.7 Å². The van der Waals surface area contributed by atoms with Crippen molar-refractivity contribution in [1.29, 1.82) is 0 Å². The first-order valence-electron chi connectivity index (χ1n) is 10.6. The fourth-order valence-corrected chi connectivity index (χ4v) is 5.50. The van der Waals surface area contributed by atoms with Gasteiger partial charge in [-0.2, -0.15) is 4.31 Å². The number of sulfonamides is 1. The van der Waals surface area contributed by atoms with Crippen molar-refractivity contribution in [3.63, 3.8) is 0 Å². The van der Waals surface area contributed by atoms with Gasteiger partial charge in [0.25, 0.3) is 0 Å². The van der Waals surface area contributed by atoms with Crippen LogP contribution >= 0.6 is 11.8 Å². The van der Waals surface area contributed by atoms with E-state index in [4.69, 9.17) is 9.47 Å². The number of carbonyl (C=O) groups is 1. The number of anilines is 1. The Labute approximate surface area is 196 Å². The molecule has 0 atom stereocenters. The minimum atomic E-state index is -3.71. The van der Waals surface area contributed by atoms with Gasteiger partial charge in [0, 0.05) is 13.1 Å². The van der Waals surface area contributed by atoms with Gasteiger partial charge in [-0.05, 0) is 44.2 Å². The molecule has 0 spiro atoms. The summed E-state index contributed by atoms with van der Waals surface area (Å²) in [5.74, 6) is 0.212. The van der Waals surface area contributed by atoms with Crippen LogP contribution in [0.1, 0.15) is 13.8 Å². The van der Waals surface area contributed by atoms with Crippen molar-refractivity contribution in [3.8, 4) is 5.75 Å². The highest BCUT2D eigenvalue weighted by Gasteiger charge is 2.27. The number of benzene rings is 2. The lowest BCUT2D eigenvalue weighted by atomic mass is 10.3. The van der Waals surface area contributed by atoms with Crippen LogP contribution in [0.2, 0.25) is 0 Å². The highest BCUT2D eigenvalue weighted by Crippen LogP contribution is 2.31. The number of aromatic amines is 1. The predicted molar refractivity (Wildman–Crippen MR) is 127 cm³/mol. The quantitative estimate of drug-likeness (QED) is 0.467. The molecule has 0 saturated carbocycles. The molecule has 2 aromatic carbocycles. The van der Waals surface area contributed by atoms with Crippen LogP contribution in [0.4, 0.5) is 5.69 Å². The van der Waals surface area contributed by atoms with Crippen LogP contribution in [-0.4, -0.2) is 66.8 Å². The van der Waals surface area contributed by atoms with Crippen LogP contribution in [0.15, 0.2) is 52.5 Å². The molecule has 1 fully saturated rings. The monoisotopic (exact) mass is 490 g/mol. The zero-order chi connectivity index (χ0) is 23.4. The van der Waals surface area contributed by atoms with Crippen molar-refractivity contribution in [2.45, 2.75) is 30.0 Å². The van der Waals surface area contributed by atoms with Crippen molar-refractivity contribution in [2.24, 2.45) is 0 Å². The molecule has 1 aromatic heterocycles. The number of thioether (sulfide) groups is 1. The van der Waals surface area contributed by atoms with Gasteiger partial charge in [-0.25, -0.2) is 13.4 Å². The fourth-order valence-electron chi connectivity index (χ4n) is 3.38. The van der Waals surface area contributed by atoms with Crippen molar-refractivity contribution in [2.75, 3.05) is 37.4 Å². The van der Waals surface area contributed by atoms with Gasteiger partial charge in [-0.1, -0.05) is 23.9 Å². The maximum absolute atomic E-state index is 13.1. The summed E-state index contributed by atoms with van der Waals surface area (Å²) in [6.07, 6.45) is -0.146. The second kappa shape index (κ2) is 10.1. The highest BCUT2D eigenvalue weighted by atomic mass is 32.2. The molecule has 176 valence electrons. The molecular weight excluding hydrogens is 464 g/mol. The van der Waals surface area contributed by atoms with E-state index in [0.29, 0.717) is 42.9 Å². The van der Waals surface area contributed by atoms with E-state index in [1.54, 1.807) is 6.07 Å². The lowest BCUT2D eigenvalue weighted by Gasteiger charge is -2.26. The summed E-state index contributed by atoms with van der Waals surface area (Å²) >= 11 is 1.27. The molecule has 11 heteroatoms. The number of hydrogen-bond donors (Lipinski definition) is 2. The summed E-state index contributed by atoms with van der Waals surface area (Å²) in [4.78, 5) is 20.4. The average Bonchev–Trinajstić information content (AvgIpc) is 3.22. The summed E-state index contributed by atoms with van der Waals surface area (Å²) in [6.45, 7) is 5.03. The zero-order valence-corrected chi connectivity index (χ0v) is 20.0. The number of morpholine rings is 1. The normalized spacial score (nSPS) is 15.1. The van der Waals surface area contributed by atoms with Crippen molar-refractivity contribution in [1.82, 2.24) is 14.3 Å². The van der Waals surface area contributed by atoms with Crippen LogP contribution in [-0.2, 0) is 19.6 Å². The molecule has 0 radical (unpaired) electrons. The summed E-state index contributed by atoms with van der Waals surface area (Å²) in [5, 5.41) is 3.43. The van der Waals surface area contributed by atoms with Gasteiger partial charge in [-0.15, -0.1) is 0 Å². The van der Waals surface area contributed by atoms with Gasteiger partial charge >= 0.3 is 0 Å². The number of ether oxygens (including phenoxy) is 2. The number of hydrogen-bond acceptors (Lipinski definition) is 7. The molecule has 1 aliphatic rings. The van der Waals surface area contributed by atoms with Crippen molar-refractivity contribution < 1.29 is 22.7 Å². The summed E-state index contributed by atoms with van der Waals surface area (Å²) in [6, 6.07) is 12.2. The number of carbonyl (C=O) groups excluding carboxylic acids is 1. The zero-order valence-electron chi connectivity index (χ0n) is 18.4. The van der Waals surface area contributed by atoms with E-state index >= 15 is 0 Å². The molecule has 1 amide bonds. The Morgan fingerprint density at radius 3 is 2.73 bits per heavy atom. The Balaban J connectivity index is 1.51. The Hall–Kier alpha value is -2.60. The maximum atomic E-state index is 13.1. The molecule has 4 rings (SSSR count). The van der Waals surface area contributed by atoms with E-state index < -0.39 is 10.0 Å². The van der Waals surface area contributed by atoms with Crippen molar-refractivity contribution in [3.05, 3.63) is 42.5 Å². The Bertz CT molecular complexity index is 1200. The Kier molecular flexibility index (Phi) is 7.23. The number of aromatic nitrogens is 2. The van der Waals surface area contributed by atoms with E-state index in [1.807, 2.05) is 38.1 Å². The van der Waals surface area contributed by atoms with Crippen LogP contribution in [0.5, 0.6) is 5.75 Å². The lowest BCUT2D eigenvalue weighted by Crippen LogP contribution is -2.40. The van der Waals surface area contributed by atoms with E-state index in [-0.39, 0.29) is 22.7 Å². The standard InChI is InChI=1S/C22H26N4O5S2/c1-15(2)31-20-8-7-16(33(28,29)26-9-11-30-12-10-26)13-19(20)23-21(27)14-32-22-24-17-5-3-4-6-18(17)25-22/h3-8,13,15H,9-12,14H2,1-2H3,(H,23,27)(H,24,25). The molecule has 2 N–H and O–H groups in total. The van der Waals surface area contributed by atoms with Crippen LogP contribution in [0.3, 0.4) is 0 Å². The number of rotatable bonds is 8. The van der Waals surface area contributed by atoms with Gasteiger partial charge in [0.2, 0.25) is 15.9 Å². The average molecular weight is 491 g/mol. The lowest BCUT2D eigenvalue weighted by molar-refractivity contribution is -0.113. The topological polar surface area (TPSA) is 114 Å². The first kappa shape index (κ1) is 23.6. The molecule has 0 bridgehead atoms. The maximum Gasteiger partial charge on any atom is 0.243 e. The van der Waals surface area contributed by atoms with Crippen LogP contribution in [0.25, 0.3) is 11.0 Å². The SMILES string of the molecule is CC(C)Oc1ccc(S(=O)(=O)N2CCOCC2)cc1NC(=O)CSc1nc2ccccc2[nH]1. The molecule has 0 aliphatic carbocycles. The number of amides is 1. The third kappa shape index (κ3) is 5.67. The third-order valence-corrected chi connectivity index (χ3v) is 7.67. The first-order valence-corrected chi connectivity index (χ1v) is 13.0. The van der Waals surface area contributed by atoms with Crippen molar-refractivity contribution >= 4 is 44.4 Å². The van der Waals surface area contributed by atoms with E-state index in [1.165, 1.54) is 28.2 Å². The van der Waals surface area contributed by atoms with Gasteiger partial charge in [0.1, 0.15) is 5.75 Å². The summed E-state index contributed by atoms with van der Waals surface area (Å²) in [5.41, 5.74) is 2.04. The Morgan fingerprint density at radius 2 is 2.00 bits per heavy atom. The number of H-pyrrole nitrogens is 1. The molecule has 3 aromatic rings. The van der Waals surface area contributed by atoms with Gasteiger partial charge in [0.15, 0.2) is 5.16 Å². The number of fused-ring (bicyclic) bond motifs is 1. The molecular formula is C22H26N4O5S2. The molecule has 9 nitrogen and oxygen atoms in total. The number of nitrogens with zero attached hydrogens (tertiary/aromatic N) is 2. The second-order valence-corrected chi connectivity index (χ2v) is 10.6. The summed E-state index contributed by atoms with van der Waals surface area (Å²) in [7, 11) is -3.71. The van der Waals surface area contributed by atoms with Crippen LogP contribution in [0, 0.1) is 0 Å². The van der Waals surface area contributed by atoms with Gasteiger partial charge < -0.3 is 19.8 Å². The molecule has 33 heavy (non-hydrogen) atoms. The van der Waals surface area contributed by atoms with E-state index in [9.17, 15) is 13.2 Å². The number of nitrogens with one attached hydrogen (secondary N) is 2. The minimum Gasteiger partial charge on any atom is -0.489 e. The smallest absolute Gasteiger partial charge is 0.243 e. The number of imidazole rings is 1. The summed E-state index contributed by atoms with van der Waals surface area (Å²) < 4.78 is 38.5. The van der Waals surface area contributed by atoms with Gasteiger partial charge in [-0.3, -0.25) is 4.79 Å². The molecule has 1 aliphatic heterocycles. The fraction of sp³-hybridized carbons (Fsp3) is 0.364. The molecule has 1 saturated heterocycles. The highest BCUT2D eigenvalue weighted by molar-refractivity contribution is 7.99. The first-order chi connectivity index (χ1) is 15.8. The second-order valence-electron chi connectivity index (χ2n) is 7.74.